The van der Waals surface area contributed by atoms with Crippen LogP contribution in [0, 0.1) is 5.82 Å². The van der Waals surface area contributed by atoms with Crippen LogP contribution in [0.2, 0.25) is 5.02 Å². The molecule has 84 valence electrons. The molecule has 2 nitrogen and oxygen atoms in total. The predicted molar refractivity (Wildman–Crippen MR) is 66.5 cm³/mol. The van der Waals surface area contributed by atoms with Gasteiger partial charge in [-0.3, -0.25) is 0 Å². The number of H-pyrrole nitrogens is 1. The van der Waals surface area contributed by atoms with Gasteiger partial charge in [-0.05, 0) is 30.3 Å². The van der Waals surface area contributed by atoms with Gasteiger partial charge in [0.15, 0.2) is 0 Å². The molecule has 4 heteroatoms. The molecule has 1 aromatic heterocycles. The molecule has 3 rings (SSSR count). The second-order valence-corrected chi connectivity index (χ2v) is 4.16. The van der Waals surface area contributed by atoms with Crippen molar-refractivity contribution in [2.75, 3.05) is 0 Å². The summed E-state index contributed by atoms with van der Waals surface area (Å²) in [6.07, 6.45) is 0. The number of para-hydroxylation sites is 2. The van der Waals surface area contributed by atoms with Gasteiger partial charge in [0.2, 0.25) is 0 Å². The van der Waals surface area contributed by atoms with Crippen LogP contribution in [-0.2, 0) is 0 Å². The van der Waals surface area contributed by atoms with E-state index in [1.165, 1.54) is 12.1 Å². The highest BCUT2D eigenvalue weighted by Crippen LogP contribution is 2.25. The van der Waals surface area contributed by atoms with Gasteiger partial charge in [-0.2, -0.15) is 0 Å². The minimum absolute atomic E-state index is 0.339. The fourth-order valence-corrected chi connectivity index (χ4v) is 1.93. The number of fused-ring (bicyclic) bond motifs is 1. The summed E-state index contributed by atoms with van der Waals surface area (Å²) in [6, 6.07) is 12.0. The Hall–Kier alpha value is -1.87. The second-order valence-electron chi connectivity index (χ2n) is 3.73. The monoisotopic (exact) mass is 246 g/mol. The van der Waals surface area contributed by atoms with Crippen LogP contribution in [-0.4, -0.2) is 9.97 Å². The summed E-state index contributed by atoms with van der Waals surface area (Å²) in [5.41, 5.74) is 2.07. The van der Waals surface area contributed by atoms with Crippen LogP contribution in [0.4, 0.5) is 4.39 Å². The fraction of sp³-hybridized carbons (Fsp3) is 0. The Morgan fingerprint density at radius 2 is 1.94 bits per heavy atom. The zero-order valence-electron chi connectivity index (χ0n) is 8.74. The van der Waals surface area contributed by atoms with E-state index in [1.54, 1.807) is 6.07 Å². The highest BCUT2D eigenvalue weighted by atomic mass is 35.5. The molecular weight excluding hydrogens is 239 g/mol. The molecule has 2 aromatic carbocycles. The smallest absolute Gasteiger partial charge is 0.141 e. The number of aromatic amines is 1. The van der Waals surface area contributed by atoms with Gasteiger partial charge in [0.1, 0.15) is 11.6 Å². The van der Waals surface area contributed by atoms with Gasteiger partial charge in [0.25, 0.3) is 0 Å². The molecule has 0 saturated carbocycles. The average Bonchev–Trinajstić information content (AvgIpc) is 2.75. The highest BCUT2D eigenvalue weighted by Gasteiger charge is 2.10. The zero-order valence-corrected chi connectivity index (χ0v) is 9.50. The number of halogens is 2. The molecule has 1 heterocycles. The molecule has 0 amide bonds. The Bertz CT molecular complexity index is 658. The van der Waals surface area contributed by atoms with Crippen molar-refractivity contribution >= 4 is 22.6 Å². The number of rotatable bonds is 1. The molecule has 0 aliphatic carbocycles. The lowest BCUT2D eigenvalue weighted by atomic mass is 10.2. The Kier molecular flexibility index (Phi) is 2.34. The summed E-state index contributed by atoms with van der Waals surface area (Å²) in [5, 5.41) is 0.488. The third-order valence-electron chi connectivity index (χ3n) is 2.57. The van der Waals surface area contributed by atoms with Crippen molar-refractivity contribution in [3.05, 3.63) is 53.3 Å². The lowest BCUT2D eigenvalue weighted by Gasteiger charge is -1.99. The van der Waals surface area contributed by atoms with Crippen molar-refractivity contribution in [1.82, 2.24) is 9.97 Å². The Morgan fingerprint density at radius 3 is 2.76 bits per heavy atom. The van der Waals surface area contributed by atoms with E-state index in [0.29, 0.717) is 16.4 Å². The number of aromatic nitrogens is 2. The summed E-state index contributed by atoms with van der Waals surface area (Å²) in [6.45, 7) is 0. The van der Waals surface area contributed by atoms with Crippen LogP contribution in [0.3, 0.4) is 0 Å². The summed E-state index contributed by atoms with van der Waals surface area (Å²) in [5.74, 6) is 0.152. The SMILES string of the molecule is Fc1ccc(Cl)cc1-c1nc2ccccc2[nH]1. The molecule has 0 aliphatic rings. The van der Waals surface area contributed by atoms with E-state index >= 15 is 0 Å². The molecule has 0 unspecified atom stereocenters. The van der Waals surface area contributed by atoms with Crippen molar-refractivity contribution < 1.29 is 4.39 Å². The van der Waals surface area contributed by atoms with Gasteiger partial charge in [0, 0.05) is 5.02 Å². The molecule has 0 radical (unpaired) electrons. The van der Waals surface area contributed by atoms with Crippen molar-refractivity contribution in [2.24, 2.45) is 0 Å². The van der Waals surface area contributed by atoms with Gasteiger partial charge < -0.3 is 4.98 Å². The topological polar surface area (TPSA) is 28.7 Å². The molecule has 1 N–H and O–H groups in total. The van der Waals surface area contributed by atoms with Gasteiger partial charge in [-0.1, -0.05) is 23.7 Å². The Labute approximate surface area is 102 Å². The maximum Gasteiger partial charge on any atom is 0.141 e. The van der Waals surface area contributed by atoms with Crippen molar-refractivity contribution in [3.8, 4) is 11.4 Å². The van der Waals surface area contributed by atoms with Crippen LogP contribution in [0.15, 0.2) is 42.5 Å². The summed E-state index contributed by atoms with van der Waals surface area (Å²) in [7, 11) is 0. The van der Waals surface area contributed by atoms with Crippen LogP contribution >= 0.6 is 11.6 Å². The van der Waals surface area contributed by atoms with Crippen LogP contribution in [0.25, 0.3) is 22.4 Å². The quantitative estimate of drug-likeness (QED) is 0.690. The van der Waals surface area contributed by atoms with Crippen LogP contribution < -0.4 is 0 Å². The van der Waals surface area contributed by atoms with Gasteiger partial charge >= 0.3 is 0 Å². The number of nitrogens with one attached hydrogen (secondary N) is 1. The third kappa shape index (κ3) is 1.78. The molecule has 0 fully saturated rings. The van der Waals surface area contributed by atoms with E-state index in [0.717, 1.165) is 11.0 Å². The molecule has 0 atom stereocenters. The van der Waals surface area contributed by atoms with E-state index in [9.17, 15) is 4.39 Å². The largest absolute Gasteiger partial charge is 0.338 e. The summed E-state index contributed by atoms with van der Waals surface area (Å²) < 4.78 is 13.7. The zero-order chi connectivity index (χ0) is 11.8. The predicted octanol–water partition coefficient (Wildman–Crippen LogP) is 4.02. The number of imidazole rings is 1. The van der Waals surface area contributed by atoms with Crippen LogP contribution in [0.5, 0.6) is 0 Å². The highest BCUT2D eigenvalue weighted by molar-refractivity contribution is 6.30. The minimum Gasteiger partial charge on any atom is -0.338 e. The van der Waals surface area contributed by atoms with Gasteiger partial charge in [0.05, 0.1) is 16.6 Å². The standard InChI is InChI=1S/C13H8ClFN2/c14-8-5-6-10(15)9(7-8)13-16-11-3-1-2-4-12(11)17-13/h1-7H,(H,16,17). The van der Waals surface area contributed by atoms with Gasteiger partial charge in [-0.25, -0.2) is 9.37 Å². The maximum atomic E-state index is 13.7. The lowest BCUT2D eigenvalue weighted by molar-refractivity contribution is 0.630. The van der Waals surface area contributed by atoms with Crippen molar-refractivity contribution in [2.45, 2.75) is 0 Å². The van der Waals surface area contributed by atoms with Crippen LogP contribution in [0.1, 0.15) is 0 Å². The third-order valence-corrected chi connectivity index (χ3v) is 2.81. The maximum absolute atomic E-state index is 13.7. The van der Waals surface area contributed by atoms with Gasteiger partial charge in [-0.15, -0.1) is 0 Å². The molecular formula is C13H8ClFN2. The van der Waals surface area contributed by atoms with E-state index in [-0.39, 0.29) is 5.82 Å². The van der Waals surface area contributed by atoms with E-state index in [4.69, 9.17) is 11.6 Å². The second kappa shape index (κ2) is 3.86. The van der Waals surface area contributed by atoms with Crippen molar-refractivity contribution in [3.63, 3.8) is 0 Å². The minimum atomic E-state index is -0.339. The average molecular weight is 247 g/mol. The first-order chi connectivity index (χ1) is 8.24. The fourth-order valence-electron chi connectivity index (χ4n) is 1.76. The van der Waals surface area contributed by atoms with Crippen molar-refractivity contribution in [1.29, 1.82) is 0 Å². The molecule has 0 saturated heterocycles. The normalized spacial score (nSPS) is 10.9. The Morgan fingerprint density at radius 1 is 1.12 bits per heavy atom. The summed E-state index contributed by atoms with van der Waals surface area (Å²) in [4.78, 5) is 7.40. The number of hydrogen-bond acceptors (Lipinski definition) is 1. The number of hydrogen-bond donors (Lipinski definition) is 1. The molecule has 0 bridgehead atoms. The first kappa shape index (κ1) is 10.3. The first-order valence-corrected chi connectivity index (χ1v) is 5.52. The van der Waals surface area contributed by atoms with E-state index in [2.05, 4.69) is 9.97 Å². The first-order valence-electron chi connectivity index (χ1n) is 5.14. The molecule has 0 aliphatic heterocycles. The summed E-state index contributed by atoms with van der Waals surface area (Å²) >= 11 is 5.86. The van der Waals surface area contributed by atoms with E-state index in [1.807, 2.05) is 24.3 Å². The molecule has 17 heavy (non-hydrogen) atoms. The van der Waals surface area contributed by atoms with E-state index < -0.39 is 0 Å². The number of benzene rings is 2. The lowest BCUT2D eigenvalue weighted by Crippen LogP contribution is -1.86. The molecule has 0 spiro atoms. The molecule has 3 aromatic rings. The number of nitrogens with zero attached hydrogens (tertiary/aromatic N) is 1. The Balaban J connectivity index is 2.23.